The number of piperidine rings is 1. The smallest absolute Gasteiger partial charge is 0.144 e. The Hall–Kier alpha value is -3.66. The molecule has 2 aromatic heterocycles. The number of hydrogen-bond acceptors (Lipinski definition) is 6. The standard InChI is InChI=1S/C24H27N5O2/c1-4-9-29-10-7-18(8-11-29)28-22-15-25-24-23(22)21(26-16-27-24)6-5-17-12-19(30-2)14-20(13-17)31-3/h4,9,12-16,18,28H,7-8,10-11H2,1-3H3,(H,25,26,27). The Morgan fingerprint density at radius 1 is 1.10 bits per heavy atom. The zero-order valence-corrected chi connectivity index (χ0v) is 18.1. The Kier molecular flexibility index (Phi) is 6.27. The number of ether oxygens (including phenoxy) is 2. The van der Waals surface area contributed by atoms with E-state index in [1.807, 2.05) is 24.4 Å². The van der Waals surface area contributed by atoms with Crippen LogP contribution in [0.2, 0.25) is 0 Å². The van der Waals surface area contributed by atoms with Crippen LogP contribution in [0.15, 0.2) is 43.0 Å². The molecule has 1 aliphatic heterocycles. The first-order chi connectivity index (χ1) is 15.2. The van der Waals surface area contributed by atoms with Crippen molar-refractivity contribution >= 4 is 16.7 Å². The minimum Gasteiger partial charge on any atom is -0.497 e. The minimum atomic E-state index is 0.407. The second kappa shape index (κ2) is 9.43. The van der Waals surface area contributed by atoms with Gasteiger partial charge in [0.25, 0.3) is 0 Å². The highest BCUT2D eigenvalue weighted by Gasteiger charge is 2.19. The average molecular weight is 418 g/mol. The summed E-state index contributed by atoms with van der Waals surface area (Å²) in [5.41, 5.74) is 3.25. The van der Waals surface area contributed by atoms with E-state index in [9.17, 15) is 0 Å². The second-order valence-electron chi connectivity index (χ2n) is 7.44. The molecule has 0 bridgehead atoms. The van der Waals surface area contributed by atoms with Crippen molar-refractivity contribution in [3.8, 4) is 23.3 Å². The van der Waals surface area contributed by atoms with Crippen molar-refractivity contribution in [3.05, 3.63) is 54.3 Å². The number of aromatic nitrogens is 3. The summed E-state index contributed by atoms with van der Waals surface area (Å²) in [6.45, 7) is 4.15. The number of allylic oxidation sites excluding steroid dienone is 1. The van der Waals surface area contributed by atoms with Crippen LogP contribution in [-0.2, 0) is 0 Å². The summed E-state index contributed by atoms with van der Waals surface area (Å²) in [5.74, 6) is 7.79. The molecule has 1 fully saturated rings. The molecule has 31 heavy (non-hydrogen) atoms. The molecule has 0 amide bonds. The van der Waals surface area contributed by atoms with Crippen molar-refractivity contribution < 1.29 is 9.47 Å². The molecule has 0 saturated carbocycles. The summed E-state index contributed by atoms with van der Waals surface area (Å²) in [5, 5.41) is 4.59. The number of hydrogen-bond donors (Lipinski definition) is 2. The van der Waals surface area contributed by atoms with E-state index < -0.39 is 0 Å². The van der Waals surface area contributed by atoms with E-state index in [0.29, 0.717) is 23.2 Å². The Morgan fingerprint density at radius 2 is 1.84 bits per heavy atom. The molecule has 0 atom stereocenters. The van der Waals surface area contributed by atoms with Crippen molar-refractivity contribution in [2.24, 2.45) is 0 Å². The minimum absolute atomic E-state index is 0.407. The van der Waals surface area contributed by atoms with Gasteiger partial charge in [-0.1, -0.05) is 12.0 Å². The summed E-state index contributed by atoms with van der Waals surface area (Å²) in [7, 11) is 3.25. The Bertz CT molecular complexity index is 1110. The van der Waals surface area contributed by atoms with Gasteiger partial charge in [0, 0.05) is 37.0 Å². The van der Waals surface area contributed by atoms with Crippen molar-refractivity contribution in [1.29, 1.82) is 0 Å². The van der Waals surface area contributed by atoms with Gasteiger partial charge in [0.1, 0.15) is 29.2 Å². The van der Waals surface area contributed by atoms with Crippen LogP contribution in [0.1, 0.15) is 31.0 Å². The highest BCUT2D eigenvalue weighted by Crippen LogP contribution is 2.27. The Labute approximate surface area is 182 Å². The second-order valence-corrected chi connectivity index (χ2v) is 7.44. The zero-order valence-electron chi connectivity index (χ0n) is 18.1. The number of aromatic amines is 1. The fraction of sp³-hybridized carbons (Fsp3) is 0.333. The molecule has 0 radical (unpaired) electrons. The number of H-pyrrole nitrogens is 1. The molecule has 160 valence electrons. The van der Waals surface area contributed by atoms with Gasteiger partial charge in [0.15, 0.2) is 0 Å². The first-order valence-corrected chi connectivity index (χ1v) is 10.4. The van der Waals surface area contributed by atoms with E-state index in [1.54, 1.807) is 14.2 Å². The number of nitrogens with one attached hydrogen (secondary N) is 2. The highest BCUT2D eigenvalue weighted by molar-refractivity contribution is 5.94. The molecule has 1 aromatic carbocycles. The largest absolute Gasteiger partial charge is 0.497 e. The van der Waals surface area contributed by atoms with Gasteiger partial charge < -0.3 is 24.7 Å². The molecule has 2 N–H and O–H groups in total. The quantitative estimate of drug-likeness (QED) is 0.616. The van der Waals surface area contributed by atoms with Crippen molar-refractivity contribution in [2.45, 2.75) is 25.8 Å². The number of fused-ring (bicyclic) bond motifs is 1. The molecule has 4 rings (SSSR count). The molecule has 7 nitrogen and oxygen atoms in total. The van der Waals surface area contributed by atoms with E-state index in [1.165, 1.54) is 6.33 Å². The number of anilines is 1. The first-order valence-electron chi connectivity index (χ1n) is 10.4. The fourth-order valence-electron chi connectivity index (χ4n) is 3.81. The van der Waals surface area contributed by atoms with Gasteiger partial charge in [0.2, 0.25) is 0 Å². The van der Waals surface area contributed by atoms with E-state index >= 15 is 0 Å². The van der Waals surface area contributed by atoms with E-state index in [0.717, 1.165) is 48.2 Å². The van der Waals surface area contributed by atoms with Gasteiger partial charge in [-0.15, -0.1) is 0 Å². The van der Waals surface area contributed by atoms with Gasteiger partial charge >= 0.3 is 0 Å². The molecule has 7 heteroatoms. The van der Waals surface area contributed by atoms with Crippen LogP contribution in [0, 0.1) is 11.8 Å². The maximum atomic E-state index is 5.34. The van der Waals surface area contributed by atoms with Crippen LogP contribution in [0.4, 0.5) is 5.69 Å². The fourth-order valence-corrected chi connectivity index (χ4v) is 3.81. The normalized spacial score (nSPS) is 14.5. The van der Waals surface area contributed by atoms with Gasteiger partial charge in [-0.25, -0.2) is 9.97 Å². The molecular weight excluding hydrogens is 390 g/mol. The molecule has 3 aromatic rings. The van der Waals surface area contributed by atoms with E-state index in [2.05, 4.69) is 56.2 Å². The lowest BCUT2D eigenvalue weighted by atomic mass is 10.0. The van der Waals surface area contributed by atoms with Gasteiger partial charge in [0.05, 0.1) is 25.3 Å². The molecule has 1 saturated heterocycles. The van der Waals surface area contributed by atoms with E-state index in [-0.39, 0.29) is 0 Å². The maximum Gasteiger partial charge on any atom is 0.144 e. The summed E-state index contributed by atoms with van der Waals surface area (Å²) < 4.78 is 10.7. The molecule has 0 spiro atoms. The van der Waals surface area contributed by atoms with Gasteiger partial charge in [-0.05, 0) is 44.0 Å². The highest BCUT2D eigenvalue weighted by atomic mass is 16.5. The topological polar surface area (TPSA) is 75.3 Å². The summed E-state index contributed by atoms with van der Waals surface area (Å²) >= 11 is 0. The summed E-state index contributed by atoms with van der Waals surface area (Å²) in [4.78, 5) is 14.4. The van der Waals surface area contributed by atoms with Crippen molar-refractivity contribution in [2.75, 3.05) is 32.6 Å². The van der Waals surface area contributed by atoms with Crippen LogP contribution in [0.5, 0.6) is 11.5 Å². The number of nitrogens with zero attached hydrogens (tertiary/aromatic N) is 3. The summed E-state index contributed by atoms with van der Waals surface area (Å²) in [6.07, 6.45) is 9.90. The Morgan fingerprint density at radius 3 is 2.52 bits per heavy atom. The SMILES string of the molecule is CC=CN1CCC(Nc2c[nH]c3ncnc(C#Cc4cc(OC)cc(OC)c4)c23)CC1. The third kappa shape index (κ3) is 4.75. The van der Waals surface area contributed by atoms with Crippen molar-refractivity contribution in [3.63, 3.8) is 0 Å². The molecule has 0 aliphatic carbocycles. The number of rotatable bonds is 5. The van der Waals surface area contributed by atoms with Crippen LogP contribution < -0.4 is 14.8 Å². The first kappa shape index (κ1) is 20.6. The number of benzene rings is 1. The predicted molar refractivity (Wildman–Crippen MR) is 122 cm³/mol. The molecule has 0 unspecified atom stereocenters. The number of methoxy groups -OCH3 is 2. The van der Waals surface area contributed by atoms with Crippen molar-refractivity contribution in [1.82, 2.24) is 19.9 Å². The lowest BCUT2D eigenvalue weighted by Crippen LogP contribution is -2.36. The monoisotopic (exact) mass is 417 g/mol. The molecule has 3 heterocycles. The zero-order chi connectivity index (χ0) is 21.6. The lowest BCUT2D eigenvalue weighted by molar-refractivity contribution is 0.293. The van der Waals surface area contributed by atoms with Crippen LogP contribution in [0.3, 0.4) is 0 Å². The van der Waals surface area contributed by atoms with Crippen LogP contribution >= 0.6 is 0 Å². The maximum absolute atomic E-state index is 5.34. The van der Waals surface area contributed by atoms with Crippen LogP contribution in [-0.4, -0.2) is 53.2 Å². The van der Waals surface area contributed by atoms with Crippen LogP contribution in [0.25, 0.3) is 11.0 Å². The van der Waals surface area contributed by atoms with E-state index in [4.69, 9.17) is 9.47 Å². The lowest BCUT2D eigenvalue weighted by Gasteiger charge is -2.31. The third-order valence-electron chi connectivity index (χ3n) is 5.40. The van der Waals surface area contributed by atoms with Gasteiger partial charge in [-0.3, -0.25) is 0 Å². The third-order valence-corrected chi connectivity index (χ3v) is 5.40. The number of likely N-dealkylation sites (tertiary alicyclic amines) is 1. The Balaban J connectivity index is 1.60. The summed E-state index contributed by atoms with van der Waals surface area (Å²) in [6, 6.07) is 5.99. The molecule has 1 aliphatic rings. The average Bonchev–Trinajstić information content (AvgIpc) is 3.22. The predicted octanol–water partition coefficient (Wildman–Crippen LogP) is 3.78. The molecular formula is C24H27N5O2. The van der Waals surface area contributed by atoms with Gasteiger partial charge in [-0.2, -0.15) is 0 Å².